The first-order valence-corrected chi connectivity index (χ1v) is 6.36. The molecule has 1 aromatic heterocycles. The molecule has 0 radical (unpaired) electrons. The number of aryl methyl sites for hydroxylation is 1. The van der Waals surface area contributed by atoms with Crippen molar-refractivity contribution in [3.8, 4) is 11.4 Å². The van der Waals surface area contributed by atoms with Crippen molar-refractivity contribution in [3.05, 3.63) is 35.2 Å². The van der Waals surface area contributed by atoms with Gasteiger partial charge in [-0.05, 0) is 39.3 Å². The number of nitrogens with two attached hydrogens (primary N) is 1. The van der Waals surface area contributed by atoms with Gasteiger partial charge in [0, 0.05) is 11.6 Å². The van der Waals surface area contributed by atoms with Gasteiger partial charge >= 0.3 is 0 Å². The van der Waals surface area contributed by atoms with Crippen molar-refractivity contribution in [1.29, 1.82) is 0 Å². The highest BCUT2D eigenvalue weighted by molar-refractivity contribution is 5.58. The number of hydrogen-bond acceptors (Lipinski definition) is 3. The Hall–Kier alpha value is -1.82. The van der Waals surface area contributed by atoms with Crippen LogP contribution in [0, 0.1) is 18.6 Å². The lowest BCUT2D eigenvalue weighted by molar-refractivity contribution is 0.386. The van der Waals surface area contributed by atoms with Gasteiger partial charge in [0.25, 0.3) is 0 Å². The summed E-state index contributed by atoms with van der Waals surface area (Å²) in [4.78, 5) is 0. The molecule has 1 heterocycles. The van der Waals surface area contributed by atoms with E-state index in [9.17, 15) is 8.78 Å². The predicted molar refractivity (Wildman–Crippen MR) is 73.0 cm³/mol. The Bertz CT molecular complexity index is 641. The van der Waals surface area contributed by atoms with Gasteiger partial charge in [-0.15, -0.1) is 10.2 Å². The van der Waals surface area contributed by atoms with Gasteiger partial charge in [-0.25, -0.2) is 8.78 Å². The Morgan fingerprint density at radius 3 is 2.35 bits per heavy atom. The first-order chi connectivity index (χ1) is 9.25. The normalized spacial score (nSPS) is 11.9. The first-order valence-electron chi connectivity index (χ1n) is 6.36. The molecule has 0 saturated heterocycles. The molecule has 20 heavy (non-hydrogen) atoms. The Morgan fingerprint density at radius 1 is 1.15 bits per heavy atom. The highest BCUT2D eigenvalue weighted by Gasteiger charge is 2.25. The molecule has 2 aromatic rings. The lowest BCUT2D eigenvalue weighted by atomic mass is 10.1. The Labute approximate surface area is 116 Å². The van der Waals surface area contributed by atoms with Crippen LogP contribution in [-0.4, -0.2) is 14.8 Å². The third-order valence-electron chi connectivity index (χ3n) is 3.07. The van der Waals surface area contributed by atoms with Crippen LogP contribution >= 0.6 is 0 Å². The van der Waals surface area contributed by atoms with E-state index >= 15 is 0 Å². The SMILES string of the molecule is Cc1cc(-c2nnc(CN)n2C(C)(C)C)c(F)cc1F. The van der Waals surface area contributed by atoms with E-state index in [2.05, 4.69) is 10.2 Å². The molecular formula is C14H18F2N4. The summed E-state index contributed by atoms with van der Waals surface area (Å²) in [5, 5.41) is 8.02. The Morgan fingerprint density at radius 2 is 1.80 bits per heavy atom. The summed E-state index contributed by atoms with van der Waals surface area (Å²) in [6.07, 6.45) is 0. The molecule has 108 valence electrons. The van der Waals surface area contributed by atoms with Crippen LogP contribution in [0.1, 0.15) is 32.2 Å². The minimum Gasteiger partial charge on any atom is -0.324 e. The second-order valence-corrected chi connectivity index (χ2v) is 5.73. The summed E-state index contributed by atoms with van der Waals surface area (Å²) in [7, 11) is 0. The largest absolute Gasteiger partial charge is 0.324 e. The van der Waals surface area contributed by atoms with E-state index in [0.29, 0.717) is 17.2 Å². The number of aromatic nitrogens is 3. The summed E-state index contributed by atoms with van der Waals surface area (Å²) in [6, 6.07) is 2.31. The summed E-state index contributed by atoms with van der Waals surface area (Å²) >= 11 is 0. The molecule has 0 fully saturated rings. The summed E-state index contributed by atoms with van der Waals surface area (Å²) in [5.74, 6) is -0.311. The van der Waals surface area contributed by atoms with Crippen LogP contribution in [-0.2, 0) is 12.1 Å². The fourth-order valence-corrected chi connectivity index (χ4v) is 2.16. The van der Waals surface area contributed by atoms with Gasteiger partial charge in [0.05, 0.1) is 12.1 Å². The predicted octanol–water partition coefficient (Wildman–Crippen LogP) is 2.75. The average molecular weight is 280 g/mol. The monoisotopic (exact) mass is 280 g/mol. The molecule has 0 bridgehead atoms. The number of benzene rings is 1. The first kappa shape index (κ1) is 14.6. The van der Waals surface area contributed by atoms with E-state index in [1.165, 1.54) is 6.07 Å². The fraction of sp³-hybridized carbons (Fsp3) is 0.429. The van der Waals surface area contributed by atoms with E-state index in [4.69, 9.17) is 5.73 Å². The zero-order chi connectivity index (χ0) is 15.1. The van der Waals surface area contributed by atoms with Crippen LogP contribution in [0.5, 0.6) is 0 Å². The quantitative estimate of drug-likeness (QED) is 0.920. The second-order valence-electron chi connectivity index (χ2n) is 5.73. The molecule has 0 aliphatic rings. The molecule has 6 heteroatoms. The molecule has 0 spiro atoms. The number of rotatable bonds is 2. The average Bonchev–Trinajstić information content (AvgIpc) is 2.77. The molecule has 0 atom stereocenters. The highest BCUT2D eigenvalue weighted by atomic mass is 19.1. The molecule has 2 N–H and O–H groups in total. The molecule has 2 rings (SSSR count). The molecule has 0 aliphatic carbocycles. The van der Waals surface area contributed by atoms with Gasteiger partial charge < -0.3 is 10.3 Å². The molecule has 0 amide bonds. The summed E-state index contributed by atoms with van der Waals surface area (Å²) in [5.41, 5.74) is 5.88. The third kappa shape index (κ3) is 2.43. The van der Waals surface area contributed by atoms with Gasteiger partial charge in [0.1, 0.15) is 17.5 Å². The zero-order valence-electron chi connectivity index (χ0n) is 12.0. The maximum atomic E-state index is 14.0. The smallest absolute Gasteiger partial charge is 0.167 e. The van der Waals surface area contributed by atoms with Crippen LogP contribution in [0.3, 0.4) is 0 Å². The van der Waals surface area contributed by atoms with Crippen molar-refractivity contribution in [2.24, 2.45) is 5.73 Å². The van der Waals surface area contributed by atoms with E-state index in [-0.39, 0.29) is 17.6 Å². The minimum atomic E-state index is -0.658. The number of halogens is 2. The summed E-state index contributed by atoms with van der Waals surface area (Å²) < 4.78 is 29.2. The van der Waals surface area contributed by atoms with Gasteiger partial charge in [-0.3, -0.25) is 0 Å². The van der Waals surface area contributed by atoms with E-state index in [1.54, 1.807) is 11.5 Å². The zero-order valence-corrected chi connectivity index (χ0v) is 12.0. The molecule has 4 nitrogen and oxygen atoms in total. The van der Waals surface area contributed by atoms with Gasteiger partial charge in [0.2, 0.25) is 0 Å². The van der Waals surface area contributed by atoms with Crippen LogP contribution in [0.2, 0.25) is 0 Å². The van der Waals surface area contributed by atoms with Crippen LogP contribution in [0.4, 0.5) is 8.78 Å². The molecular weight excluding hydrogens is 262 g/mol. The second kappa shape index (κ2) is 4.94. The summed E-state index contributed by atoms with van der Waals surface area (Å²) in [6.45, 7) is 7.64. The van der Waals surface area contributed by atoms with Crippen molar-refractivity contribution in [3.63, 3.8) is 0 Å². The molecule has 1 aromatic carbocycles. The molecule has 0 unspecified atom stereocenters. The maximum absolute atomic E-state index is 14.0. The van der Waals surface area contributed by atoms with E-state index in [0.717, 1.165) is 6.07 Å². The lowest BCUT2D eigenvalue weighted by Crippen LogP contribution is -2.26. The van der Waals surface area contributed by atoms with Crippen LogP contribution < -0.4 is 5.73 Å². The third-order valence-corrected chi connectivity index (χ3v) is 3.07. The van der Waals surface area contributed by atoms with Crippen molar-refractivity contribution in [2.45, 2.75) is 39.8 Å². The van der Waals surface area contributed by atoms with Crippen molar-refractivity contribution in [1.82, 2.24) is 14.8 Å². The Balaban J connectivity index is 2.71. The van der Waals surface area contributed by atoms with Gasteiger partial charge in [-0.2, -0.15) is 0 Å². The van der Waals surface area contributed by atoms with Crippen molar-refractivity contribution in [2.75, 3.05) is 0 Å². The fourth-order valence-electron chi connectivity index (χ4n) is 2.16. The van der Waals surface area contributed by atoms with Crippen LogP contribution in [0.25, 0.3) is 11.4 Å². The highest BCUT2D eigenvalue weighted by Crippen LogP contribution is 2.29. The van der Waals surface area contributed by atoms with Gasteiger partial charge in [0.15, 0.2) is 5.82 Å². The molecule has 0 aliphatic heterocycles. The topological polar surface area (TPSA) is 56.7 Å². The standard InChI is InChI=1S/C14H18F2N4/c1-8-5-9(11(16)6-10(8)15)13-19-18-12(7-17)20(13)14(2,3)4/h5-6H,7,17H2,1-4H3. The molecule has 0 saturated carbocycles. The van der Waals surface area contributed by atoms with Gasteiger partial charge in [-0.1, -0.05) is 0 Å². The minimum absolute atomic E-state index is 0.200. The van der Waals surface area contributed by atoms with Crippen LogP contribution in [0.15, 0.2) is 12.1 Å². The lowest BCUT2D eigenvalue weighted by Gasteiger charge is -2.25. The van der Waals surface area contributed by atoms with Crippen molar-refractivity contribution < 1.29 is 8.78 Å². The van der Waals surface area contributed by atoms with E-state index < -0.39 is 11.6 Å². The maximum Gasteiger partial charge on any atom is 0.167 e. The van der Waals surface area contributed by atoms with E-state index in [1.807, 2.05) is 20.8 Å². The number of hydrogen-bond donors (Lipinski definition) is 1. The Kier molecular flexibility index (Phi) is 3.60. The number of nitrogens with zero attached hydrogens (tertiary/aromatic N) is 3. The van der Waals surface area contributed by atoms with Crippen molar-refractivity contribution >= 4 is 0 Å².